The maximum atomic E-state index is 5.20. The van der Waals surface area contributed by atoms with Crippen LogP contribution in [-0.4, -0.2) is 22.4 Å². The van der Waals surface area contributed by atoms with Crippen LogP contribution in [-0.2, 0) is 9.16 Å². The Kier molecular flexibility index (Phi) is 5.37. The maximum Gasteiger partial charge on any atom is 0.174 e. The molecule has 0 amide bonds. The predicted octanol–water partition coefficient (Wildman–Crippen LogP) is 0.980. The average Bonchev–Trinajstić information content (AvgIpc) is 1.66. The van der Waals surface area contributed by atoms with Crippen molar-refractivity contribution in [2.24, 2.45) is 0 Å². The summed E-state index contributed by atoms with van der Waals surface area (Å²) in [6.45, 7) is 7.45. The van der Waals surface area contributed by atoms with Crippen molar-refractivity contribution in [2.45, 2.75) is 20.0 Å². The van der Waals surface area contributed by atoms with Crippen molar-refractivity contribution in [1.82, 2.24) is 0 Å². The summed E-state index contributed by atoms with van der Waals surface area (Å²) in [5, 5.41) is 0. The first kappa shape index (κ1) is 8.14. The van der Waals surface area contributed by atoms with E-state index in [1.807, 2.05) is 6.92 Å². The molecule has 0 atom stereocenters. The van der Waals surface area contributed by atoms with Gasteiger partial charge in [0.1, 0.15) is 6.79 Å². The Morgan fingerprint density at radius 3 is 2.38 bits per heavy atom. The van der Waals surface area contributed by atoms with E-state index in [1.165, 1.54) is 0 Å². The summed E-state index contributed by atoms with van der Waals surface area (Å²) in [5.41, 5.74) is 0. The van der Waals surface area contributed by atoms with Gasteiger partial charge < -0.3 is 9.16 Å². The summed E-state index contributed by atoms with van der Waals surface area (Å²) in [6.07, 6.45) is 0. The van der Waals surface area contributed by atoms with E-state index in [2.05, 4.69) is 13.1 Å². The molecule has 0 spiro atoms. The molecule has 0 rings (SSSR count). The monoisotopic (exact) mass is 134 g/mol. The normalized spacial score (nSPS) is 10.5. The fourth-order valence-corrected chi connectivity index (χ4v) is 0.636. The molecule has 0 aliphatic heterocycles. The first-order chi connectivity index (χ1) is 3.77. The summed E-state index contributed by atoms with van der Waals surface area (Å²) in [4.78, 5) is 0. The highest BCUT2D eigenvalue weighted by molar-refractivity contribution is 6.48. The van der Waals surface area contributed by atoms with Gasteiger partial charge in [0.25, 0.3) is 0 Å². The number of hydrogen-bond donors (Lipinski definition) is 0. The Morgan fingerprint density at radius 1 is 1.38 bits per heavy atom. The second kappa shape index (κ2) is 5.28. The SMILES string of the molecule is CCOCO[SiH](C)C. The second-order valence-electron chi connectivity index (χ2n) is 1.83. The van der Waals surface area contributed by atoms with Crippen molar-refractivity contribution in [3.63, 3.8) is 0 Å². The number of ether oxygens (including phenoxy) is 1. The lowest BCUT2D eigenvalue weighted by Gasteiger charge is -2.04. The van der Waals surface area contributed by atoms with E-state index in [0.717, 1.165) is 6.61 Å². The third kappa shape index (κ3) is 6.14. The van der Waals surface area contributed by atoms with Crippen LogP contribution in [0, 0.1) is 0 Å². The third-order valence-electron chi connectivity index (χ3n) is 0.689. The molecule has 0 N–H and O–H groups in total. The van der Waals surface area contributed by atoms with Crippen LogP contribution in [0.3, 0.4) is 0 Å². The van der Waals surface area contributed by atoms with Crippen molar-refractivity contribution in [3.8, 4) is 0 Å². The maximum absolute atomic E-state index is 5.20. The minimum Gasteiger partial charge on any atom is -0.398 e. The lowest BCUT2D eigenvalue weighted by Crippen LogP contribution is -2.10. The molecule has 0 aliphatic rings. The van der Waals surface area contributed by atoms with Crippen LogP contribution in [0.4, 0.5) is 0 Å². The van der Waals surface area contributed by atoms with Crippen LogP contribution in [0.25, 0.3) is 0 Å². The molecule has 50 valence electrons. The van der Waals surface area contributed by atoms with Gasteiger partial charge in [0, 0.05) is 6.61 Å². The van der Waals surface area contributed by atoms with E-state index < -0.39 is 9.04 Å². The van der Waals surface area contributed by atoms with Crippen LogP contribution >= 0.6 is 0 Å². The van der Waals surface area contributed by atoms with Gasteiger partial charge in [-0.05, 0) is 20.0 Å². The quantitative estimate of drug-likeness (QED) is 0.324. The zero-order valence-electron chi connectivity index (χ0n) is 5.81. The summed E-state index contributed by atoms with van der Waals surface area (Å²) in [7, 11) is -0.827. The Hall–Kier alpha value is 0.137. The molecule has 0 aromatic rings. The van der Waals surface area contributed by atoms with E-state index in [4.69, 9.17) is 9.16 Å². The standard InChI is InChI=1S/C5H14O2Si/c1-4-6-5-7-8(2)3/h8H,4-5H2,1-3H3. The molecule has 0 saturated heterocycles. The molecule has 0 aromatic heterocycles. The molecule has 0 unspecified atom stereocenters. The molecular formula is C5H14O2Si. The zero-order chi connectivity index (χ0) is 6.41. The van der Waals surface area contributed by atoms with Crippen molar-refractivity contribution < 1.29 is 9.16 Å². The van der Waals surface area contributed by atoms with Gasteiger partial charge >= 0.3 is 0 Å². The molecule has 0 aromatic carbocycles. The van der Waals surface area contributed by atoms with Crippen LogP contribution in [0.1, 0.15) is 6.92 Å². The Labute approximate surface area is 52.5 Å². The first-order valence-corrected chi connectivity index (χ1v) is 5.74. The Bertz CT molecular complexity index is 47.7. The van der Waals surface area contributed by atoms with Crippen molar-refractivity contribution in [3.05, 3.63) is 0 Å². The van der Waals surface area contributed by atoms with E-state index in [0.29, 0.717) is 6.79 Å². The van der Waals surface area contributed by atoms with Gasteiger partial charge in [0.05, 0.1) is 0 Å². The molecule has 0 heterocycles. The van der Waals surface area contributed by atoms with Gasteiger partial charge in [-0.1, -0.05) is 0 Å². The van der Waals surface area contributed by atoms with Crippen molar-refractivity contribution >= 4 is 9.04 Å². The molecule has 0 saturated carbocycles. The van der Waals surface area contributed by atoms with Gasteiger partial charge in [-0.3, -0.25) is 0 Å². The van der Waals surface area contributed by atoms with E-state index >= 15 is 0 Å². The van der Waals surface area contributed by atoms with Crippen molar-refractivity contribution in [2.75, 3.05) is 13.4 Å². The van der Waals surface area contributed by atoms with Gasteiger partial charge in [-0.15, -0.1) is 0 Å². The highest BCUT2D eigenvalue weighted by Gasteiger charge is 1.91. The molecule has 0 radical (unpaired) electrons. The minimum absolute atomic E-state index is 0.486. The molecule has 0 aliphatic carbocycles. The largest absolute Gasteiger partial charge is 0.398 e. The zero-order valence-corrected chi connectivity index (χ0v) is 6.96. The van der Waals surface area contributed by atoms with Gasteiger partial charge in [-0.2, -0.15) is 0 Å². The van der Waals surface area contributed by atoms with Crippen LogP contribution < -0.4 is 0 Å². The van der Waals surface area contributed by atoms with E-state index in [9.17, 15) is 0 Å². The number of rotatable bonds is 4. The van der Waals surface area contributed by atoms with Crippen LogP contribution in [0.2, 0.25) is 13.1 Å². The molecule has 0 fully saturated rings. The molecule has 8 heavy (non-hydrogen) atoms. The number of hydrogen-bond acceptors (Lipinski definition) is 2. The summed E-state index contributed by atoms with van der Waals surface area (Å²) in [6, 6.07) is 0. The highest BCUT2D eigenvalue weighted by atomic mass is 28.3. The summed E-state index contributed by atoms with van der Waals surface area (Å²) < 4.78 is 10.2. The predicted molar refractivity (Wildman–Crippen MR) is 36.5 cm³/mol. The summed E-state index contributed by atoms with van der Waals surface area (Å²) >= 11 is 0. The average molecular weight is 134 g/mol. The molecule has 2 nitrogen and oxygen atoms in total. The Balaban J connectivity index is 2.72. The lowest BCUT2D eigenvalue weighted by atomic mass is 10.9. The van der Waals surface area contributed by atoms with E-state index in [-0.39, 0.29) is 0 Å². The minimum atomic E-state index is -0.827. The lowest BCUT2D eigenvalue weighted by molar-refractivity contribution is 0.0215. The smallest absolute Gasteiger partial charge is 0.174 e. The molecule has 0 bridgehead atoms. The fourth-order valence-electron chi connectivity index (χ4n) is 0.268. The topological polar surface area (TPSA) is 18.5 Å². The summed E-state index contributed by atoms with van der Waals surface area (Å²) in [5.74, 6) is 0. The first-order valence-electron chi connectivity index (χ1n) is 2.96. The van der Waals surface area contributed by atoms with Crippen molar-refractivity contribution in [1.29, 1.82) is 0 Å². The Morgan fingerprint density at radius 2 is 2.00 bits per heavy atom. The van der Waals surface area contributed by atoms with Gasteiger partial charge in [0.15, 0.2) is 9.04 Å². The molecule has 3 heteroatoms. The second-order valence-corrected chi connectivity index (χ2v) is 4.26. The third-order valence-corrected chi connectivity index (χ3v) is 1.49. The molecular weight excluding hydrogens is 120 g/mol. The van der Waals surface area contributed by atoms with Crippen LogP contribution in [0.5, 0.6) is 0 Å². The van der Waals surface area contributed by atoms with Gasteiger partial charge in [-0.25, -0.2) is 0 Å². The van der Waals surface area contributed by atoms with Crippen LogP contribution in [0.15, 0.2) is 0 Å². The van der Waals surface area contributed by atoms with Gasteiger partial charge in [0.2, 0.25) is 0 Å². The fraction of sp³-hybridized carbons (Fsp3) is 1.00. The van der Waals surface area contributed by atoms with E-state index in [1.54, 1.807) is 0 Å². The highest BCUT2D eigenvalue weighted by Crippen LogP contribution is 1.83.